The molecule has 0 aliphatic carbocycles. The minimum Gasteiger partial charge on any atom is -0.507 e. The second-order valence-corrected chi connectivity index (χ2v) is 5.12. The van der Waals surface area contributed by atoms with E-state index in [4.69, 9.17) is 15.2 Å². The van der Waals surface area contributed by atoms with Crippen molar-refractivity contribution >= 4 is 0 Å². The van der Waals surface area contributed by atoms with Gasteiger partial charge in [-0.15, -0.1) is 0 Å². The van der Waals surface area contributed by atoms with E-state index in [2.05, 4.69) is 6.07 Å². The van der Waals surface area contributed by atoms with E-state index in [1.807, 2.05) is 31.2 Å². The monoisotopic (exact) mass is 308 g/mol. The number of nitriles is 1. The second kappa shape index (κ2) is 5.93. The van der Waals surface area contributed by atoms with Gasteiger partial charge in [0.15, 0.2) is 0 Å². The molecule has 2 aromatic carbocycles. The molecule has 2 aromatic rings. The van der Waals surface area contributed by atoms with Crippen LogP contribution in [0.1, 0.15) is 24.0 Å². The fraction of sp³-hybridized carbons (Fsp3) is 0.167. The molecule has 116 valence electrons. The summed E-state index contributed by atoms with van der Waals surface area (Å²) in [6.45, 7) is 2.49. The number of phenolic OH excluding ortho intramolecular Hbond substituents is 1. The van der Waals surface area contributed by atoms with Crippen LogP contribution in [0.25, 0.3) is 0 Å². The molecular formula is C18H16N2O3. The van der Waals surface area contributed by atoms with Crippen molar-refractivity contribution in [1.29, 1.82) is 5.26 Å². The molecule has 1 aliphatic heterocycles. The summed E-state index contributed by atoms with van der Waals surface area (Å²) >= 11 is 0. The van der Waals surface area contributed by atoms with Crippen LogP contribution in [0.3, 0.4) is 0 Å². The van der Waals surface area contributed by atoms with Crippen molar-refractivity contribution in [2.24, 2.45) is 5.73 Å². The lowest BCUT2D eigenvalue weighted by molar-refractivity contribution is 0.340. The minimum atomic E-state index is -0.472. The standard InChI is InChI=1S/C18H16N2O3/c1-2-22-12-8-6-11(7-9-12)16-13(10-19)18(20)23-15-5-3-4-14(21)17(15)16/h3-9,16,21H,2,20H2,1H3. The zero-order valence-corrected chi connectivity index (χ0v) is 12.6. The number of ether oxygens (including phenoxy) is 2. The molecular weight excluding hydrogens is 292 g/mol. The van der Waals surface area contributed by atoms with Crippen molar-refractivity contribution in [3.05, 3.63) is 65.0 Å². The molecule has 3 rings (SSSR count). The number of nitrogens with two attached hydrogens (primary N) is 1. The van der Waals surface area contributed by atoms with Crippen molar-refractivity contribution in [1.82, 2.24) is 0 Å². The first-order chi connectivity index (χ1) is 11.2. The molecule has 0 saturated carbocycles. The number of fused-ring (bicyclic) bond motifs is 1. The van der Waals surface area contributed by atoms with Gasteiger partial charge < -0.3 is 20.3 Å². The van der Waals surface area contributed by atoms with Gasteiger partial charge in [-0.05, 0) is 36.8 Å². The predicted octanol–water partition coefficient (Wildman–Crippen LogP) is 3.01. The van der Waals surface area contributed by atoms with E-state index in [-0.39, 0.29) is 17.2 Å². The SMILES string of the molecule is CCOc1ccc(C2C(C#N)=C(N)Oc3cccc(O)c32)cc1. The Balaban J connectivity index is 2.14. The third-order valence-corrected chi connectivity index (χ3v) is 3.75. The summed E-state index contributed by atoms with van der Waals surface area (Å²) in [5, 5.41) is 19.7. The van der Waals surface area contributed by atoms with Crippen LogP contribution in [0.2, 0.25) is 0 Å². The highest BCUT2D eigenvalue weighted by atomic mass is 16.5. The number of aromatic hydroxyl groups is 1. The van der Waals surface area contributed by atoms with Gasteiger partial charge in [0.2, 0.25) is 5.88 Å². The topological polar surface area (TPSA) is 88.5 Å². The summed E-state index contributed by atoms with van der Waals surface area (Å²) in [5.41, 5.74) is 7.55. The maximum absolute atomic E-state index is 10.2. The summed E-state index contributed by atoms with van der Waals surface area (Å²) < 4.78 is 10.9. The van der Waals surface area contributed by atoms with Gasteiger partial charge in [0.25, 0.3) is 0 Å². The first-order valence-corrected chi connectivity index (χ1v) is 7.28. The molecule has 0 amide bonds. The Morgan fingerprint density at radius 1 is 1.26 bits per heavy atom. The largest absolute Gasteiger partial charge is 0.507 e. The summed E-state index contributed by atoms with van der Waals surface area (Å²) in [4.78, 5) is 0. The molecule has 0 bridgehead atoms. The summed E-state index contributed by atoms with van der Waals surface area (Å²) in [6, 6.07) is 14.5. The normalized spacial score (nSPS) is 16.3. The molecule has 1 unspecified atom stereocenters. The van der Waals surface area contributed by atoms with Crippen LogP contribution in [0.5, 0.6) is 17.2 Å². The molecule has 0 aromatic heterocycles. The van der Waals surface area contributed by atoms with E-state index in [0.717, 1.165) is 11.3 Å². The highest BCUT2D eigenvalue weighted by molar-refractivity contribution is 5.60. The van der Waals surface area contributed by atoms with Gasteiger partial charge >= 0.3 is 0 Å². The Labute approximate surface area is 134 Å². The van der Waals surface area contributed by atoms with Gasteiger partial charge in [0, 0.05) is 5.56 Å². The fourth-order valence-electron chi connectivity index (χ4n) is 2.75. The molecule has 5 heteroatoms. The predicted molar refractivity (Wildman–Crippen MR) is 85.0 cm³/mol. The van der Waals surface area contributed by atoms with Crippen LogP contribution in [0.4, 0.5) is 0 Å². The minimum absolute atomic E-state index is 0.0597. The van der Waals surface area contributed by atoms with Gasteiger partial charge in [-0.3, -0.25) is 0 Å². The smallest absolute Gasteiger partial charge is 0.205 e. The lowest BCUT2D eigenvalue weighted by Crippen LogP contribution is -2.21. The summed E-state index contributed by atoms with van der Waals surface area (Å²) in [6.07, 6.45) is 0. The third kappa shape index (κ3) is 2.55. The molecule has 0 radical (unpaired) electrons. The zero-order chi connectivity index (χ0) is 16.4. The lowest BCUT2D eigenvalue weighted by Gasteiger charge is -2.27. The Hall–Kier alpha value is -3.13. The highest BCUT2D eigenvalue weighted by Gasteiger charge is 2.32. The molecule has 1 aliphatic rings. The van der Waals surface area contributed by atoms with E-state index in [0.29, 0.717) is 17.9 Å². The van der Waals surface area contributed by atoms with Gasteiger partial charge in [-0.1, -0.05) is 18.2 Å². The van der Waals surface area contributed by atoms with Crippen molar-refractivity contribution in [3.63, 3.8) is 0 Å². The maximum atomic E-state index is 10.2. The molecule has 1 heterocycles. The van der Waals surface area contributed by atoms with Crippen molar-refractivity contribution in [2.45, 2.75) is 12.8 Å². The van der Waals surface area contributed by atoms with Crippen molar-refractivity contribution in [3.8, 4) is 23.3 Å². The Kier molecular flexibility index (Phi) is 3.82. The quantitative estimate of drug-likeness (QED) is 0.910. The van der Waals surface area contributed by atoms with E-state index < -0.39 is 5.92 Å². The highest BCUT2D eigenvalue weighted by Crippen LogP contribution is 2.46. The van der Waals surface area contributed by atoms with Crippen LogP contribution in [0, 0.1) is 11.3 Å². The van der Waals surface area contributed by atoms with Crippen LogP contribution in [-0.4, -0.2) is 11.7 Å². The Morgan fingerprint density at radius 3 is 2.65 bits per heavy atom. The third-order valence-electron chi connectivity index (χ3n) is 3.75. The number of nitrogens with zero attached hydrogens (tertiary/aromatic N) is 1. The first-order valence-electron chi connectivity index (χ1n) is 7.28. The maximum Gasteiger partial charge on any atom is 0.205 e. The first kappa shape index (κ1) is 14.8. The van der Waals surface area contributed by atoms with Crippen LogP contribution >= 0.6 is 0 Å². The van der Waals surface area contributed by atoms with E-state index >= 15 is 0 Å². The molecule has 0 spiro atoms. The molecule has 1 atom stereocenters. The van der Waals surface area contributed by atoms with Gasteiger partial charge in [0.05, 0.1) is 12.5 Å². The molecule has 0 fully saturated rings. The van der Waals surface area contributed by atoms with Gasteiger partial charge in [-0.25, -0.2) is 0 Å². The number of hydrogen-bond donors (Lipinski definition) is 2. The number of allylic oxidation sites excluding steroid dienone is 1. The Bertz CT molecular complexity index is 804. The zero-order valence-electron chi connectivity index (χ0n) is 12.6. The van der Waals surface area contributed by atoms with Crippen LogP contribution < -0.4 is 15.2 Å². The number of phenols is 1. The van der Waals surface area contributed by atoms with Crippen molar-refractivity contribution in [2.75, 3.05) is 6.61 Å². The number of rotatable bonds is 3. The molecule has 3 N–H and O–H groups in total. The van der Waals surface area contributed by atoms with Crippen molar-refractivity contribution < 1.29 is 14.6 Å². The molecule has 5 nitrogen and oxygen atoms in total. The molecule has 23 heavy (non-hydrogen) atoms. The average Bonchev–Trinajstić information content (AvgIpc) is 2.55. The van der Waals surface area contributed by atoms with Crippen LogP contribution in [0.15, 0.2) is 53.9 Å². The number of hydrogen-bond acceptors (Lipinski definition) is 5. The molecule has 0 saturated heterocycles. The second-order valence-electron chi connectivity index (χ2n) is 5.12. The Morgan fingerprint density at radius 2 is 2.00 bits per heavy atom. The fourth-order valence-corrected chi connectivity index (χ4v) is 2.75. The van der Waals surface area contributed by atoms with Gasteiger partial charge in [0.1, 0.15) is 28.9 Å². The summed E-state index contributed by atoms with van der Waals surface area (Å²) in [7, 11) is 0. The number of benzene rings is 2. The lowest BCUT2D eigenvalue weighted by atomic mass is 9.83. The van der Waals surface area contributed by atoms with E-state index in [9.17, 15) is 10.4 Å². The average molecular weight is 308 g/mol. The van der Waals surface area contributed by atoms with Crippen LogP contribution in [-0.2, 0) is 0 Å². The van der Waals surface area contributed by atoms with E-state index in [1.165, 1.54) is 0 Å². The van der Waals surface area contributed by atoms with Gasteiger partial charge in [-0.2, -0.15) is 5.26 Å². The van der Waals surface area contributed by atoms with E-state index in [1.54, 1.807) is 18.2 Å². The summed E-state index contributed by atoms with van der Waals surface area (Å²) in [5.74, 6) is 0.864.